The van der Waals surface area contributed by atoms with Gasteiger partial charge in [0.15, 0.2) is 0 Å². The van der Waals surface area contributed by atoms with Gasteiger partial charge in [0.2, 0.25) is 0 Å². The number of carbonyl (C=O) groups is 2. The molecule has 5 nitrogen and oxygen atoms in total. The van der Waals surface area contributed by atoms with Crippen LogP contribution in [0.15, 0.2) is 69.8 Å². The Labute approximate surface area is 178 Å². The molecule has 0 saturated carbocycles. The Balaban J connectivity index is 1.87. The molecule has 6 heteroatoms. The first-order chi connectivity index (χ1) is 13.9. The number of ether oxygens (including phenoxy) is 2. The van der Waals surface area contributed by atoms with Crippen LogP contribution in [0.25, 0.3) is 6.08 Å². The fraction of sp³-hybridized carbons (Fsp3) is 0.217. The lowest BCUT2D eigenvalue weighted by Crippen LogP contribution is -2.27. The summed E-state index contributed by atoms with van der Waals surface area (Å²) in [6.45, 7) is 2.25. The highest BCUT2D eigenvalue weighted by Crippen LogP contribution is 2.32. The van der Waals surface area contributed by atoms with E-state index in [2.05, 4.69) is 15.9 Å². The first kappa shape index (κ1) is 20.9. The number of benzene rings is 2. The van der Waals surface area contributed by atoms with Gasteiger partial charge < -0.3 is 14.4 Å². The third kappa shape index (κ3) is 4.59. The first-order valence-corrected chi connectivity index (χ1v) is 9.95. The standard InChI is InChI=1S/C23H22BrNO4/c1-15-21(23(27)29-3)20(14-17-4-8-18(24)9-5-17)22(26)25(15)13-12-16-6-10-19(28-2)11-7-16/h4-11,14H,12-13H2,1-3H3/b20-14-. The molecule has 3 rings (SSSR count). The number of methoxy groups -OCH3 is 2. The average molecular weight is 456 g/mol. The van der Waals surface area contributed by atoms with Gasteiger partial charge in [0.05, 0.1) is 25.4 Å². The largest absolute Gasteiger partial charge is 0.497 e. The summed E-state index contributed by atoms with van der Waals surface area (Å²) in [5.74, 6) is 0.0836. The second-order valence-corrected chi connectivity index (χ2v) is 7.53. The summed E-state index contributed by atoms with van der Waals surface area (Å²) in [5, 5.41) is 0. The zero-order chi connectivity index (χ0) is 21.0. The van der Waals surface area contributed by atoms with Crippen molar-refractivity contribution < 1.29 is 19.1 Å². The maximum absolute atomic E-state index is 13.1. The first-order valence-electron chi connectivity index (χ1n) is 9.16. The van der Waals surface area contributed by atoms with Gasteiger partial charge >= 0.3 is 5.97 Å². The minimum absolute atomic E-state index is 0.195. The quantitative estimate of drug-likeness (QED) is 0.479. The van der Waals surface area contributed by atoms with Crippen LogP contribution in [0.3, 0.4) is 0 Å². The minimum Gasteiger partial charge on any atom is -0.497 e. The van der Waals surface area contributed by atoms with Gasteiger partial charge in [0.1, 0.15) is 5.75 Å². The molecule has 0 N–H and O–H groups in total. The van der Waals surface area contributed by atoms with Crippen LogP contribution in [0, 0.1) is 0 Å². The molecule has 2 aromatic rings. The Bertz CT molecular complexity index is 975. The molecule has 150 valence electrons. The molecule has 0 unspecified atom stereocenters. The summed E-state index contributed by atoms with van der Waals surface area (Å²) in [6.07, 6.45) is 2.39. The van der Waals surface area contributed by atoms with Crippen LogP contribution in [-0.2, 0) is 20.7 Å². The molecule has 0 saturated heterocycles. The fourth-order valence-corrected chi connectivity index (χ4v) is 3.52. The lowest BCUT2D eigenvalue weighted by molar-refractivity contribution is -0.136. The van der Waals surface area contributed by atoms with Crippen LogP contribution in [0.2, 0.25) is 0 Å². The van der Waals surface area contributed by atoms with Crippen molar-refractivity contribution in [2.75, 3.05) is 20.8 Å². The number of hydrogen-bond acceptors (Lipinski definition) is 4. The summed E-state index contributed by atoms with van der Waals surface area (Å²) in [6, 6.07) is 15.3. The number of hydrogen-bond donors (Lipinski definition) is 0. The van der Waals surface area contributed by atoms with Crippen LogP contribution < -0.4 is 4.74 Å². The smallest absolute Gasteiger partial charge is 0.340 e. The van der Waals surface area contributed by atoms with Crippen molar-refractivity contribution in [2.45, 2.75) is 13.3 Å². The number of nitrogens with zero attached hydrogens (tertiary/aromatic N) is 1. The zero-order valence-electron chi connectivity index (χ0n) is 16.6. The molecule has 1 heterocycles. The Morgan fingerprint density at radius 2 is 1.72 bits per heavy atom. The van der Waals surface area contributed by atoms with Gasteiger partial charge in [-0.05, 0) is 54.8 Å². The van der Waals surface area contributed by atoms with E-state index in [4.69, 9.17) is 9.47 Å². The van der Waals surface area contributed by atoms with E-state index in [0.717, 1.165) is 21.3 Å². The molecule has 0 atom stereocenters. The van der Waals surface area contributed by atoms with Crippen LogP contribution in [0.4, 0.5) is 0 Å². The van der Waals surface area contributed by atoms with Gasteiger partial charge in [-0.15, -0.1) is 0 Å². The van der Waals surface area contributed by atoms with Crippen LogP contribution in [0.5, 0.6) is 5.75 Å². The monoisotopic (exact) mass is 455 g/mol. The number of amides is 1. The van der Waals surface area contributed by atoms with E-state index in [1.54, 1.807) is 25.0 Å². The summed E-state index contributed by atoms with van der Waals surface area (Å²) < 4.78 is 11.1. The maximum Gasteiger partial charge on any atom is 0.340 e. The molecule has 0 aromatic heterocycles. The van der Waals surface area contributed by atoms with E-state index >= 15 is 0 Å². The molecule has 0 spiro atoms. The van der Waals surface area contributed by atoms with Crippen LogP contribution >= 0.6 is 15.9 Å². The van der Waals surface area contributed by atoms with Crippen molar-refractivity contribution in [3.63, 3.8) is 0 Å². The van der Waals surface area contributed by atoms with Gasteiger partial charge in [-0.25, -0.2) is 4.79 Å². The predicted octanol–water partition coefficient (Wildman–Crippen LogP) is 4.37. The third-order valence-electron chi connectivity index (χ3n) is 4.87. The summed E-state index contributed by atoms with van der Waals surface area (Å²) in [7, 11) is 2.95. The van der Waals surface area contributed by atoms with Crippen LogP contribution in [0.1, 0.15) is 18.1 Å². The van der Waals surface area contributed by atoms with Crippen molar-refractivity contribution in [1.29, 1.82) is 0 Å². The number of carbonyl (C=O) groups excluding carboxylic acids is 2. The number of allylic oxidation sites excluding steroid dienone is 1. The minimum atomic E-state index is -0.508. The molecule has 0 radical (unpaired) electrons. The number of rotatable bonds is 6. The topological polar surface area (TPSA) is 55.8 Å². The molecule has 0 bridgehead atoms. The van der Waals surface area contributed by atoms with Gasteiger partial charge in [-0.1, -0.05) is 40.2 Å². The summed E-state index contributed by atoms with van der Waals surface area (Å²) >= 11 is 3.40. The van der Waals surface area contributed by atoms with Gasteiger partial charge in [-0.2, -0.15) is 0 Å². The van der Waals surface area contributed by atoms with Crippen molar-refractivity contribution in [2.24, 2.45) is 0 Å². The Morgan fingerprint density at radius 1 is 1.07 bits per heavy atom. The van der Waals surface area contributed by atoms with E-state index in [1.165, 1.54) is 7.11 Å². The fourth-order valence-electron chi connectivity index (χ4n) is 3.26. The highest BCUT2D eigenvalue weighted by molar-refractivity contribution is 9.10. The van der Waals surface area contributed by atoms with Gasteiger partial charge in [-0.3, -0.25) is 4.79 Å². The van der Waals surface area contributed by atoms with Crippen molar-refractivity contribution >= 4 is 33.9 Å². The van der Waals surface area contributed by atoms with E-state index in [0.29, 0.717) is 29.8 Å². The van der Waals surface area contributed by atoms with E-state index < -0.39 is 5.97 Å². The van der Waals surface area contributed by atoms with Gasteiger partial charge in [0, 0.05) is 16.7 Å². The lowest BCUT2D eigenvalue weighted by atomic mass is 10.0. The van der Waals surface area contributed by atoms with Crippen molar-refractivity contribution in [1.82, 2.24) is 4.90 Å². The highest BCUT2D eigenvalue weighted by Gasteiger charge is 2.36. The summed E-state index contributed by atoms with van der Waals surface area (Å²) in [4.78, 5) is 27.2. The summed E-state index contributed by atoms with van der Waals surface area (Å²) in [5.41, 5.74) is 3.19. The average Bonchev–Trinajstić information content (AvgIpc) is 2.97. The number of esters is 1. The van der Waals surface area contributed by atoms with Crippen molar-refractivity contribution in [3.8, 4) is 5.75 Å². The Kier molecular flexibility index (Phi) is 6.54. The second kappa shape index (κ2) is 9.09. The molecule has 1 aliphatic heterocycles. The second-order valence-electron chi connectivity index (χ2n) is 6.62. The molecule has 2 aromatic carbocycles. The SMILES string of the molecule is COC(=O)C1=C(C)N(CCc2ccc(OC)cc2)C(=O)/C1=C\c1ccc(Br)cc1. The third-order valence-corrected chi connectivity index (χ3v) is 5.39. The molecular weight excluding hydrogens is 434 g/mol. The maximum atomic E-state index is 13.1. The highest BCUT2D eigenvalue weighted by atomic mass is 79.9. The molecular formula is C23H22BrNO4. The van der Waals surface area contributed by atoms with Gasteiger partial charge in [0.25, 0.3) is 5.91 Å². The van der Waals surface area contributed by atoms with E-state index in [-0.39, 0.29) is 5.91 Å². The van der Waals surface area contributed by atoms with E-state index in [1.807, 2.05) is 48.5 Å². The number of halogens is 1. The molecule has 29 heavy (non-hydrogen) atoms. The molecule has 1 amide bonds. The Morgan fingerprint density at radius 3 is 2.31 bits per heavy atom. The molecule has 1 aliphatic rings. The van der Waals surface area contributed by atoms with E-state index in [9.17, 15) is 9.59 Å². The Hall–Kier alpha value is -2.86. The lowest BCUT2D eigenvalue weighted by Gasteiger charge is -2.18. The normalized spacial score (nSPS) is 15.2. The van der Waals surface area contributed by atoms with Crippen molar-refractivity contribution in [3.05, 3.63) is 81.0 Å². The van der Waals surface area contributed by atoms with Crippen LogP contribution in [-0.4, -0.2) is 37.5 Å². The molecule has 0 aliphatic carbocycles. The predicted molar refractivity (Wildman–Crippen MR) is 115 cm³/mol. The zero-order valence-corrected chi connectivity index (χ0v) is 18.2. The molecule has 0 fully saturated rings.